The second-order valence-electron chi connectivity index (χ2n) is 3.59. The Morgan fingerprint density at radius 2 is 1.14 bits per heavy atom. The molecular weight excluding hydrogens is 187 g/mol. The van der Waals surface area contributed by atoms with Crippen molar-refractivity contribution in [2.75, 3.05) is 0 Å². The highest BCUT2D eigenvalue weighted by atomic mass is 32.2. The summed E-state index contributed by atoms with van der Waals surface area (Å²) in [6, 6.07) is 17.5. The first kappa shape index (κ1) is 8.19. The molecule has 14 heavy (non-hydrogen) atoms. The average molecular weight is 198 g/mol. The molecule has 0 atom stereocenters. The third-order valence-electron chi connectivity index (χ3n) is 2.82. The Morgan fingerprint density at radius 1 is 0.714 bits per heavy atom. The maximum absolute atomic E-state index is 2.35. The van der Waals surface area contributed by atoms with Crippen molar-refractivity contribution in [2.24, 2.45) is 0 Å². The second kappa shape index (κ2) is 2.92. The number of rotatable bonds is 0. The molecule has 0 fully saturated rings. The first-order valence-corrected chi connectivity index (χ1v) is 6.59. The van der Waals surface area contributed by atoms with E-state index in [-0.39, 0.29) is 10.7 Å². The van der Waals surface area contributed by atoms with Crippen molar-refractivity contribution in [2.45, 2.75) is 9.79 Å². The van der Waals surface area contributed by atoms with Crippen LogP contribution in [0.1, 0.15) is 0 Å². The van der Waals surface area contributed by atoms with Crippen LogP contribution in [0.15, 0.2) is 58.3 Å². The lowest BCUT2D eigenvalue weighted by Crippen LogP contribution is -1.75. The second-order valence-corrected chi connectivity index (χ2v) is 5.67. The Hall–Kier alpha value is -1.15. The molecule has 0 unspecified atom stereocenters. The van der Waals surface area contributed by atoms with Gasteiger partial charge in [0.2, 0.25) is 0 Å². The first-order valence-electron chi connectivity index (χ1n) is 4.80. The van der Waals surface area contributed by atoms with Crippen molar-refractivity contribution in [1.29, 1.82) is 0 Å². The van der Waals surface area contributed by atoms with Gasteiger partial charge in [0.25, 0.3) is 0 Å². The standard InChI is InChI=1S/C12H11BS/c13-14-11-7-3-1-5-9(11)10-6-2-4-8-12(10)14/h1-8,14H,13H2. The van der Waals surface area contributed by atoms with E-state index in [4.69, 9.17) is 0 Å². The van der Waals surface area contributed by atoms with E-state index in [1.807, 2.05) is 0 Å². The molecule has 3 rings (SSSR count). The van der Waals surface area contributed by atoms with Crippen molar-refractivity contribution in [1.82, 2.24) is 0 Å². The van der Waals surface area contributed by atoms with Gasteiger partial charge in [0, 0.05) is 0 Å². The third-order valence-corrected chi connectivity index (χ3v) is 5.05. The summed E-state index contributed by atoms with van der Waals surface area (Å²) in [6.07, 6.45) is 0. The number of fused-ring (bicyclic) bond motifs is 3. The zero-order valence-corrected chi connectivity index (χ0v) is 8.96. The minimum absolute atomic E-state index is 0.0967. The lowest BCUT2D eigenvalue weighted by atomic mass is 10.1. The van der Waals surface area contributed by atoms with Gasteiger partial charge in [0.15, 0.2) is 7.12 Å². The molecule has 1 aliphatic heterocycles. The molecule has 0 bridgehead atoms. The molecule has 0 aliphatic carbocycles. The quantitative estimate of drug-likeness (QED) is 0.488. The van der Waals surface area contributed by atoms with Crippen molar-refractivity contribution in [3.05, 3.63) is 48.5 Å². The average Bonchev–Trinajstić information content (AvgIpc) is 2.55. The summed E-state index contributed by atoms with van der Waals surface area (Å²) in [5, 5.41) is 0. The Morgan fingerprint density at radius 3 is 1.64 bits per heavy atom. The summed E-state index contributed by atoms with van der Waals surface area (Å²) in [7, 11) is 2.25. The predicted octanol–water partition coefficient (Wildman–Crippen LogP) is 2.63. The summed E-state index contributed by atoms with van der Waals surface area (Å²) in [5.74, 6) is 0. The van der Waals surface area contributed by atoms with Crippen LogP contribution >= 0.6 is 10.7 Å². The van der Waals surface area contributed by atoms with Gasteiger partial charge in [-0.15, -0.1) is 0 Å². The fourth-order valence-corrected chi connectivity index (χ4v) is 4.11. The zero-order chi connectivity index (χ0) is 9.54. The van der Waals surface area contributed by atoms with E-state index in [1.54, 1.807) is 0 Å². The number of benzene rings is 2. The summed E-state index contributed by atoms with van der Waals surface area (Å²) < 4.78 is 0. The molecule has 68 valence electrons. The Bertz CT molecular complexity index is 448. The predicted molar refractivity (Wildman–Crippen MR) is 65.9 cm³/mol. The summed E-state index contributed by atoms with van der Waals surface area (Å²) in [4.78, 5) is 3.06. The van der Waals surface area contributed by atoms with Crippen molar-refractivity contribution < 1.29 is 0 Å². The summed E-state index contributed by atoms with van der Waals surface area (Å²) in [5.41, 5.74) is 2.88. The van der Waals surface area contributed by atoms with E-state index in [2.05, 4.69) is 55.7 Å². The molecule has 0 aromatic heterocycles. The van der Waals surface area contributed by atoms with E-state index in [0.717, 1.165) is 0 Å². The molecule has 0 N–H and O–H groups in total. The molecule has 0 amide bonds. The summed E-state index contributed by atoms with van der Waals surface area (Å²) in [6.45, 7) is 0. The van der Waals surface area contributed by atoms with Crippen LogP contribution in [0.2, 0.25) is 0 Å². The van der Waals surface area contributed by atoms with E-state index < -0.39 is 0 Å². The van der Waals surface area contributed by atoms with Crippen LogP contribution in [-0.4, -0.2) is 7.12 Å². The van der Waals surface area contributed by atoms with Crippen LogP contribution in [-0.2, 0) is 0 Å². The van der Waals surface area contributed by atoms with Gasteiger partial charge in [-0.2, -0.15) is 0 Å². The highest BCUT2D eigenvalue weighted by Crippen LogP contribution is 2.55. The molecule has 2 aromatic carbocycles. The van der Waals surface area contributed by atoms with Crippen molar-refractivity contribution >= 4 is 17.9 Å². The lowest BCUT2D eigenvalue weighted by Gasteiger charge is -2.10. The van der Waals surface area contributed by atoms with Gasteiger partial charge >= 0.3 is 0 Å². The van der Waals surface area contributed by atoms with Crippen LogP contribution in [0.3, 0.4) is 0 Å². The molecule has 0 nitrogen and oxygen atoms in total. The molecule has 2 aromatic rings. The fourth-order valence-electron chi connectivity index (χ4n) is 2.12. The Balaban J connectivity index is 2.36. The Labute approximate surface area is 87.6 Å². The maximum atomic E-state index is 2.35. The fraction of sp³-hybridized carbons (Fsp3) is 0. The topological polar surface area (TPSA) is 0 Å². The molecular formula is C12H11BS. The Kier molecular flexibility index (Phi) is 1.71. The molecule has 0 saturated heterocycles. The first-order chi connectivity index (χ1) is 6.88. The maximum Gasteiger partial charge on any atom is 0.160 e. The molecule has 0 spiro atoms. The van der Waals surface area contributed by atoms with E-state index in [9.17, 15) is 0 Å². The summed E-state index contributed by atoms with van der Waals surface area (Å²) >= 11 is 0. The van der Waals surface area contributed by atoms with Gasteiger partial charge < -0.3 is 0 Å². The smallest absolute Gasteiger partial charge is 0.160 e. The highest BCUT2D eigenvalue weighted by Gasteiger charge is 2.20. The lowest BCUT2D eigenvalue weighted by molar-refractivity contribution is 1.45. The molecule has 0 radical (unpaired) electrons. The van der Waals surface area contributed by atoms with Gasteiger partial charge in [-0.25, -0.2) is 10.7 Å². The molecule has 1 heterocycles. The van der Waals surface area contributed by atoms with Gasteiger partial charge in [-0.1, -0.05) is 48.5 Å². The van der Waals surface area contributed by atoms with E-state index in [1.165, 1.54) is 20.9 Å². The van der Waals surface area contributed by atoms with Gasteiger partial charge in [-0.05, 0) is 20.9 Å². The number of hydrogen-bond acceptors (Lipinski definition) is 0. The van der Waals surface area contributed by atoms with Crippen molar-refractivity contribution in [3.63, 3.8) is 0 Å². The van der Waals surface area contributed by atoms with E-state index in [0.29, 0.717) is 0 Å². The number of hydrogen-bond donors (Lipinski definition) is 1. The van der Waals surface area contributed by atoms with Gasteiger partial charge in [0.1, 0.15) is 0 Å². The molecule has 2 heteroatoms. The highest BCUT2D eigenvalue weighted by molar-refractivity contribution is 8.35. The third kappa shape index (κ3) is 0.977. The monoisotopic (exact) mass is 198 g/mol. The number of thiol groups is 1. The normalized spacial score (nSPS) is 15.0. The van der Waals surface area contributed by atoms with Crippen LogP contribution < -0.4 is 0 Å². The van der Waals surface area contributed by atoms with Crippen LogP contribution in [0.5, 0.6) is 0 Å². The SMILES string of the molecule is B[SH]1c2ccccc2-c2ccccc21. The van der Waals surface area contributed by atoms with Crippen LogP contribution in [0.4, 0.5) is 0 Å². The molecule has 1 aliphatic rings. The van der Waals surface area contributed by atoms with E-state index >= 15 is 0 Å². The minimum Gasteiger partial charge on any atom is -0.236 e. The van der Waals surface area contributed by atoms with Gasteiger partial charge in [0.05, 0.1) is 0 Å². The van der Waals surface area contributed by atoms with Gasteiger partial charge in [-0.3, -0.25) is 0 Å². The largest absolute Gasteiger partial charge is 0.236 e. The minimum atomic E-state index is -0.0967. The zero-order valence-electron chi connectivity index (χ0n) is 8.07. The van der Waals surface area contributed by atoms with Crippen molar-refractivity contribution in [3.8, 4) is 11.1 Å². The van der Waals surface area contributed by atoms with Crippen LogP contribution in [0.25, 0.3) is 11.1 Å². The molecule has 0 saturated carbocycles. The van der Waals surface area contributed by atoms with Crippen LogP contribution in [0, 0.1) is 0 Å².